The van der Waals surface area contributed by atoms with Crippen molar-refractivity contribution in [3.8, 4) is 0 Å². The van der Waals surface area contributed by atoms with Gasteiger partial charge in [-0.25, -0.2) is 4.98 Å². The van der Waals surface area contributed by atoms with E-state index in [1.807, 2.05) is 0 Å². The minimum absolute atomic E-state index is 0.282. The van der Waals surface area contributed by atoms with Crippen LogP contribution < -0.4 is 5.32 Å². The molecule has 1 saturated heterocycles. The molecule has 1 amide bonds. The number of nitrogens with zero attached hydrogens (tertiary/aromatic N) is 3. The summed E-state index contributed by atoms with van der Waals surface area (Å²) < 4.78 is 41.1. The number of imidazole rings is 1. The number of nitrogens with one attached hydrogen (secondary N) is 1. The fourth-order valence-corrected chi connectivity index (χ4v) is 3.08. The molecule has 6 nitrogen and oxygen atoms in total. The van der Waals surface area contributed by atoms with Gasteiger partial charge in [0.25, 0.3) is 0 Å². The Hall–Kier alpha value is -1.61. The number of aryl methyl sites for hydroxylation is 1. The van der Waals surface area contributed by atoms with Gasteiger partial charge in [0.1, 0.15) is 0 Å². The first kappa shape index (κ1) is 19.7. The zero-order chi connectivity index (χ0) is 18.5. The van der Waals surface area contributed by atoms with E-state index in [9.17, 15) is 23.1 Å². The molecule has 1 unspecified atom stereocenters. The van der Waals surface area contributed by atoms with E-state index in [0.29, 0.717) is 6.42 Å². The number of halogens is 3. The van der Waals surface area contributed by atoms with E-state index in [-0.39, 0.29) is 6.54 Å². The molecule has 2 N–H and O–H groups in total. The van der Waals surface area contributed by atoms with E-state index in [1.54, 1.807) is 0 Å². The molecule has 142 valence electrons. The summed E-state index contributed by atoms with van der Waals surface area (Å²) >= 11 is 0. The number of likely N-dealkylation sites (tertiary alicyclic amines) is 1. The summed E-state index contributed by atoms with van der Waals surface area (Å²) in [4.78, 5) is 17.8. The van der Waals surface area contributed by atoms with Crippen molar-refractivity contribution in [3.63, 3.8) is 0 Å². The fourth-order valence-electron chi connectivity index (χ4n) is 3.08. The number of carbonyl (C=O) groups is 1. The average Bonchev–Trinajstić information content (AvgIpc) is 2.98. The van der Waals surface area contributed by atoms with Crippen molar-refractivity contribution in [1.29, 1.82) is 0 Å². The number of aliphatic hydroxyl groups is 1. The van der Waals surface area contributed by atoms with Crippen LogP contribution in [0.1, 0.15) is 37.9 Å². The summed E-state index contributed by atoms with van der Waals surface area (Å²) in [6, 6.07) is 0. The van der Waals surface area contributed by atoms with Crippen LogP contribution in [0.15, 0.2) is 12.4 Å². The predicted octanol–water partition coefficient (Wildman–Crippen LogP) is 1.55. The Morgan fingerprint density at radius 2 is 2.00 bits per heavy atom. The van der Waals surface area contributed by atoms with Crippen LogP contribution in [0, 0.1) is 0 Å². The Morgan fingerprint density at radius 1 is 1.32 bits per heavy atom. The number of hydrogen-bond acceptors (Lipinski definition) is 4. The molecular weight excluding hydrogens is 337 g/mol. The average molecular weight is 362 g/mol. The van der Waals surface area contributed by atoms with Gasteiger partial charge in [0.2, 0.25) is 11.5 Å². The van der Waals surface area contributed by atoms with Crippen LogP contribution in [-0.2, 0) is 17.4 Å². The molecule has 0 bridgehead atoms. The number of hydrogen-bond donors (Lipinski definition) is 2. The van der Waals surface area contributed by atoms with E-state index < -0.39 is 29.9 Å². The minimum atomic E-state index is -5.00. The van der Waals surface area contributed by atoms with E-state index in [1.165, 1.54) is 19.7 Å². The van der Waals surface area contributed by atoms with E-state index in [2.05, 4.69) is 15.2 Å². The van der Waals surface area contributed by atoms with Gasteiger partial charge >= 0.3 is 6.18 Å². The van der Waals surface area contributed by atoms with Crippen LogP contribution in [0.5, 0.6) is 0 Å². The fraction of sp³-hybridized carbons (Fsp3) is 0.750. The number of aromatic nitrogens is 2. The smallest absolute Gasteiger partial charge is 0.374 e. The first-order valence-electron chi connectivity index (χ1n) is 8.50. The van der Waals surface area contributed by atoms with Crippen molar-refractivity contribution in [1.82, 2.24) is 19.8 Å². The van der Waals surface area contributed by atoms with Gasteiger partial charge in [-0.15, -0.1) is 0 Å². The lowest BCUT2D eigenvalue weighted by Crippen LogP contribution is -2.48. The summed E-state index contributed by atoms with van der Waals surface area (Å²) in [5.74, 6) is -1.44. The Kier molecular flexibility index (Phi) is 6.45. The molecule has 1 atom stereocenters. The maximum Gasteiger partial charge on any atom is 0.425 e. The summed E-state index contributed by atoms with van der Waals surface area (Å²) in [7, 11) is 1.34. The molecule has 0 saturated carbocycles. The topological polar surface area (TPSA) is 70.4 Å². The molecular formula is C16H25F3N4O2. The Morgan fingerprint density at radius 3 is 2.56 bits per heavy atom. The molecule has 25 heavy (non-hydrogen) atoms. The molecule has 9 heteroatoms. The summed E-state index contributed by atoms with van der Waals surface area (Å²) in [5.41, 5.74) is -3.30. The number of carbonyl (C=O) groups excluding carboxylic acids is 1. The van der Waals surface area contributed by atoms with Crippen molar-refractivity contribution in [3.05, 3.63) is 18.2 Å². The van der Waals surface area contributed by atoms with Crippen LogP contribution in [0.2, 0.25) is 0 Å². The highest BCUT2D eigenvalue weighted by Crippen LogP contribution is 2.40. The van der Waals surface area contributed by atoms with Gasteiger partial charge in [-0.05, 0) is 38.9 Å². The SMILES string of the molecule is Cn1ccnc1C(O)(CC(=O)NCCCN1CCCCC1)C(F)(F)F. The second-order valence-electron chi connectivity index (χ2n) is 6.50. The molecule has 1 fully saturated rings. The van der Waals surface area contributed by atoms with Crippen LogP contribution >= 0.6 is 0 Å². The van der Waals surface area contributed by atoms with Crippen molar-refractivity contribution in [2.75, 3.05) is 26.2 Å². The van der Waals surface area contributed by atoms with Crippen LogP contribution in [0.3, 0.4) is 0 Å². The maximum atomic E-state index is 13.3. The van der Waals surface area contributed by atoms with Gasteiger partial charge in [0.15, 0.2) is 5.82 Å². The molecule has 1 aromatic heterocycles. The van der Waals surface area contributed by atoms with Gasteiger partial charge in [0.05, 0.1) is 6.42 Å². The molecule has 2 rings (SSSR count). The largest absolute Gasteiger partial charge is 0.425 e. The van der Waals surface area contributed by atoms with Gasteiger partial charge in [-0.1, -0.05) is 6.42 Å². The van der Waals surface area contributed by atoms with Crippen molar-refractivity contribution in [2.24, 2.45) is 7.05 Å². The lowest BCUT2D eigenvalue weighted by Gasteiger charge is -2.29. The highest BCUT2D eigenvalue weighted by atomic mass is 19.4. The van der Waals surface area contributed by atoms with E-state index in [4.69, 9.17) is 0 Å². The minimum Gasteiger partial charge on any atom is -0.374 e. The lowest BCUT2D eigenvalue weighted by molar-refractivity contribution is -0.271. The van der Waals surface area contributed by atoms with Gasteiger partial charge in [-0.3, -0.25) is 4.79 Å². The Bertz CT molecular complexity index is 570. The van der Waals surface area contributed by atoms with Crippen molar-refractivity contribution < 1.29 is 23.1 Å². The quantitative estimate of drug-likeness (QED) is 0.722. The van der Waals surface area contributed by atoms with Crippen molar-refractivity contribution >= 4 is 5.91 Å². The zero-order valence-electron chi connectivity index (χ0n) is 14.3. The van der Waals surface area contributed by atoms with Crippen LogP contribution in [0.25, 0.3) is 0 Å². The highest BCUT2D eigenvalue weighted by Gasteiger charge is 2.58. The van der Waals surface area contributed by atoms with Gasteiger partial charge in [-0.2, -0.15) is 13.2 Å². The van der Waals surface area contributed by atoms with E-state index in [0.717, 1.165) is 43.2 Å². The predicted molar refractivity (Wildman–Crippen MR) is 85.7 cm³/mol. The Balaban J connectivity index is 1.86. The summed E-state index contributed by atoms with van der Waals surface area (Å²) in [6.07, 6.45) is 0.561. The second-order valence-corrected chi connectivity index (χ2v) is 6.50. The summed E-state index contributed by atoms with van der Waals surface area (Å²) in [6.45, 7) is 3.15. The van der Waals surface area contributed by atoms with Crippen LogP contribution in [0.4, 0.5) is 13.2 Å². The Labute approximate surface area is 145 Å². The standard InChI is InChI=1S/C16H25F3N4O2/c1-22-11-7-21-14(22)15(25,16(17,18)19)12-13(24)20-6-5-10-23-8-3-2-4-9-23/h7,11,25H,2-6,8-10,12H2,1H3,(H,20,24). The normalized spacial score (nSPS) is 18.8. The lowest BCUT2D eigenvalue weighted by atomic mass is 9.97. The molecule has 1 aliphatic heterocycles. The molecule has 0 aliphatic carbocycles. The van der Waals surface area contributed by atoms with E-state index >= 15 is 0 Å². The van der Waals surface area contributed by atoms with Crippen molar-refractivity contribution in [2.45, 2.75) is 43.9 Å². The molecule has 0 aromatic carbocycles. The second kappa shape index (κ2) is 8.18. The number of amides is 1. The monoisotopic (exact) mass is 362 g/mol. The van der Waals surface area contributed by atoms with Crippen LogP contribution in [-0.4, -0.2) is 57.8 Å². The third-order valence-corrected chi connectivity index (χ3v) is 4.50. The summed E-state index contributed by atoms with van der Waals surface area (Å²) in [5, 5.41) is 12.6. The third kappa shape index (κ3) is 4.94. The number of alkyl halides is 3. The number of rotatable bonds is 7. The first-order chi connectivity index (χ1) is 11.7. The molecule has 2 heterocycles. The number of piperidine rings is 1. The van der Waals surface area contributed by atoms with Gasteiger partial charge in [0, 0.05) is 26.0 Å². The molecule has 1 aromatic rings. The maximum absolute atomic E-state index is 13.3. The van der Waals surface area contributed by atoms with Gasteiger partial charge < -0.3 is 19.9 Å². The zero-order valence-corrected chi connectivity index (χ0v) is 14.3. The molecule has 0 radical (unpaired) electrons. The third-order valence-electron chi connectivity index (χ3n) is 4.50. The highest BCUT2D eigenvalue weighted by molar-refractivity contribution is 5.77. The molecule has 0 spiro atoms. The first-order valence-corrected chi connectivity index (χ1v) is 8.50. The molecule has 1 aliphatic rings.